The van der Waals surface area contributed by atoms with Crippen LogP contribution in [0.1, 0.15) is 17.9 Å². The van der Waals surface area contributed by atoms with Crippen LogP contribution in [0, 0.1) is 0 Å². The van der Waals surface area contributed by atoms with Gasteiger partial charge in [0, 0.05) is 15.1 Å². The second kappa shape index (κ2) is 4.61. The van der Waals surface area contributed by atoms with E-state index in [0.717, 1.165) is 27.1 Å². The van der Waals surface area contributed by atoms with Gasteiger partial charge in [-0.25, -0.2) is 0 Å². The van der Waals surface area contributed by atoms with E-state index >= 15 is 0 Å². The molecule has 0 radical (unpaired) electrons. The Morgan fingerprint density at radius 3 is 1.93 bits per heavy atom. The lowest BCUT2D eigenvalue weighted by Gasteiger charge is -2.19. The molecule has 15 heavy (non-hydrogen) atoms. The van der Waals surface area contributed by atoms with E-state index in [4.69, 9.17) is 34.8 Å². The van der Waals surface area contributed by atoms with Crippen LogP contribution < -0.4 is 0 Å². The molecule has 0 nitrogen and oxygen atoms in total. The molecule has 1 aliphatic carbocycles. The summed E-state index contributed by atoms with van der Waals surface area (Å²) in [4.78, 5) is 0. The van der Waals surface area contributed by atoms with Gasteiger partial charge >= 0.3 is 0 Å². The first kappa shape index (κ1) is 11.1. The molecule has 78 valence electrons. The summed E-state index contributed by atoms with van der Waals surface area (Å²) in [6.45, 7) is 0. The fourth-order valence-corrected chi connectivity index (χ4v) is 2.47. The standard InChI is InChI=1S/C12H9Cl3/c13-9-6-4-8(5-7-9)12-10(14)2-1-3-11(12)15/h2-7,12H,1H2. The van der Waals surface area contributed by atoms with Crippen molar-refractivity contribution in [1.82, 2.24) is 0 Å². The van der Waals surface area contributed by atoms with Gasteiger partial charge in [0.2, 0.25) is 0 Å². The van der Waals surface area contributed by atoms with Crippen molar-refractivity contribution >= 4 is 34.8 Å². The summed E-state index contributed by atoms with van der Waals surface area (Å²) in [5, 5.41) is 2.28. The van der Waals surface area contributed by atoms with Gasteiger partial charge in [-0.1, -0.05) is 59.1 Å². The summed E-state index contributed by atoms with van der Waals surface area (Å²) in [6.07, 6.45) is 4.77. The summed E-state index contributed by atoms with van der Waals surface area (Å²) in [6, 6.07) is 7.59. The quantitative estimate of drug-likeness (QED) is 0.660. The summed E-state index contributed by atoms with van der Waals surface area (Å²) < 4.78 is 0. The van der Waals surface area contributed by atoms with Crippen LogP contribution in [0.5, 0.6) is 0 Å². The first-order chi connectivity index (χ1) is 7.18. The molecule has 0 saturated heterocycles. The van der Waals surface area contributed by atoms with Crippen molar-refractivity contribution in [2.45, 2.75) is 12.3 Å². The first-order valence-corrected chi connectivity index (χ1v) is 5.78. The number of hydrogen-bond donors (Lipinski definition) is 0. The Balaban J connectivity index is 2.37. The fraction of sp³-hybridized carbons (Fsp3) is 0.167. The monoisotopic (exact) mass is 258 g/mol. The molecule has 0 atom stereocenters. The third-order valence-electron chi connectivity index (χ3n) is 2.38. The van der Waals surface area contributed by atoms with Gasteiger partial charge in [0.15, 0.2) is 0 Å². The fourth-order valence-electron chi connectivity index (χ4n) is 1.63. The van der Waals surface area contributed by atoms with Gasteiger partial charge in [0.05, 0.1) is 5.92 Å². The highest BCUT2D eigenvalue weighted by Crippen LogP contribution is 2.39. The summed E-state index contributed by atoms with van der Waals surface area (Å²) in [5.41, 5.74) is 1.07. The molecular weight excluding hydrogens is 250 g/mol. The van der Waals surface area contributed by atoms with E-state index in [2.05, 4.69) is 0 Å². The highest BCUT2D eigenvalue weighted by atomic mass is 35.5. The predicted molar refractivity (Wildman–Crippen MR) is 66.7 cm³/mol. The maximum atomic E-state index is 6.15. The topological polar surface area (TPSA) is 0 Å². The summed E-state index contributed by atoms with van der Waals surface area (Å²) in [7, 11) is 0. The van der Waals surface area contributed by atoms with Crippen molar-refractivity contribution in [3.8, 4) is 0 Å². The van der Waals surface area contributed by atoms with E-state index in [-0.39, 0.29) is 5.92 Å². The lowest BCUT2D eigenvalue weighted by Crippen LogP contribution is -2.02. The van der Waals surface area contributed by atoms with Gasteiger partial charge in [0.25, 0.3) is 0 Å². The van der Waals surface area contributed by atoms with Gasteiger partial charge in [-0.2, -0.15) is 0 Å². The van der Waals surface area contributed by atoms with Crippen LogP contribution >= 0.6 is 34.8 Å². The molecular formula is C12H9Cl3. The van der Waals surface area contributed by atoms with Gasteiger partial charge in [-0.15, -0.1) is 0 Å². The van der Waals surface area contributed by atoms with Gasteiger partial charge < -0.3 is 0 Å². The molecule has 0 aliphatic heterocycles. The Labute approximate surface area is 104 Å². The first-order valence-electron chi connectivity index (χ1n) is 4.65. The molecule has 0 unspecified atom stereocenters. The SMILES string of the molecule is ClC1=CCC=C(Cl)C1c1ccc(Cl)cc1. The zero-order chi connectivity index (χ0) is 10.8. The second-order valence-electron chi connectivity index (χ2n) is 3.40. The third-order valence-corrected chi connectivity index (χ3v) is 3.38. The molecule has 0 saturated carbocycles. The second-order valence-corrected chi connectivity index (χ2v) is 4.71. The minimum absolute atomic E-state index is 0.0145. The van der Waals surface area contributed by atoms with Crippen LogP contribution in [0.4, 0.5) is 0 Å². The third kappa shape index (κ3) is 2.39. The van der Waals surface area contributed by atoms with Crippen molar-refractivity contribution in [2.75, 3.05) is 0 Å². The molecule has 0 N–H and O–H groups in total. The molecule has 0 heterocycles. The van der Waals surface area contributed by atoms with Crippen LogP contribution in [0.25, 0.3) is 0 Å². The summed E-state index contributed by atoms with van der Waals surface area (Å²) >= 11 is 18.1. The smallest absolute Gasteiger partial charge is 0.0548 e. The zero-order valence-corrected chi connectivity index (χ0v) is 10.2. The number of allylic oxidation sites excluding steroid dienone is 4. The maximum absolute atomic E-state index is 6.15. The molecule has 0 aromatic heterocycles. The number of benzene rings is 1. The van der Waals surface area contributed by atoms with Crippen LogP contribution in [0.3, 0.4) is 0 Å². The Morgan fingerprint density at radius 1 is 0.867 bits per heavy atom. The highest BCUT2D eigenvalue weighted by molar-refractivity contribution is 6.35. The number of rotatable bonds is 1. The van der Waals surface area contributed by atoms with E-state index in [1.165, 1.54) is 0 Å². The van der Waals surface area contributed by atoms with E-state index in [1.54, 1.807) is 0 Å². The molecule has 0 spiro atoms. The van der Waals surface area contributed by atoms with Crippen molar-refractivity contribution in [2.24, 2.45) is 0 Å². The minimum atomic E-state index is -0.0145. The molecule has 1 aliphatic rings. The van der Waals surface area contributed by atoms with Gasteiger partial charge in [-0.3, -0.25) is 0 Å². The van der Waals surface area contributed by atoms with Crippen LogP contribution in [-0.2, 0) is 0 Å². The molecule has 0 amide bonds. The Hall–Kier alpha value is -0.430. The Morgan fingerprint density at radius 2 is 1.40 bits per heavy atom. The maximum Gasteiger partial charge on any atom is 0.0548 e. The molecule has 1 aromatic rings. The average Bonchev–Trinajstić information content (AvgIpc) is 2.20. The van der Waals surface area contributed by atoms with Crippen LogP contribution in [0.2, 0.25) is 5.02 Å². The molecule has 1 aromatic carbocycles. The van der Waals surface area contributed by atoms with Crippen LogP contribution in [0.15, 0.2) is 46.5 Å². The average molecular weight is 260 g/mol. The molecule has 0 bridgehead atoms. The van der Waals surface area contributed by atoms with E-state index in [9.17, 15) is 0 Å². The van der Waals surface area contributed by atoms with Crippen molar-refractivity contribution in [3.63, 3.8) is 0 Å². The Bertz CT molecular complexity index is 397. The number of hydrogen-bond acceptors (Lipinski definition) is 0. The lowest BCUT2D eigenvalue weighted by atomic mass is 9.94. The number of halogens is 3. The molecule has 2 rings (SSSR count). The summed E-state index contributed by atoms with van der Waals surface area (Å²) in [5.74, 6) is -0.0145. The minimum Gasteiger partial charge on any atom is -0.0884 e. The van der Waals surface area contributed by atoms with Crippen LogP contribution in [-0.4, -0.2) is 0 Å². The zero-order valence-electron chi connectivity index (χ0n) is 7.88. The van der Waals surface area contributed by atoms with E-state index in [0.29, 0.717) is 0 Å². The highest BCUT2D eigenvalue weighted by Gasteiger charge is 2.20. The van der Waals surface area contributed by atoms with Gasteiger partial charge in [0.1, 0.15) is 0 Å². The van der Waals surface area contributed by atoms with E-state index < -0.39 is 0 Å². The van der Waals surface area contributed by atoms with Crippen molar-refractivity contribution < 1.29 is 0 Å². The normalized spacial score (nSPS) is 17.3. The van der Waals surface area contributed by atoms with Crippen molar-refractivity contribution in [3.05, 3.63) is 57.1 Å². The molecule has 3 heteroatoms. The largest absolute Gasteiger partial charge is 0.0884 e. The van der Waals surface area contributed by atoms with Crippen molar-refractivity contribution in [1.29, 1.82) is 0 Å². The van der Waals surface area contributed by atoms with Gasteiger partial charge in [-0.05, 0) is 24.1 Å². The Kier molecular flexibility index (Phi) is 3.40. The lowest BCUT2D eigenvalue weighted by molar-refractivity contribution is 0.991. The van der Waals surface area contributed by atoms with E-state index in [1.807, 2.05) is 36.4 Å². The molecule has 0 fully saturated rings. The predicted octanol–water partition coefficient (Wildman–Crippen LogP) is 5.07.